The number of nitrogens with zero attached hydrogens (tertiary/aromatic N) is 1. The van der Waals surface area contributed by atoms with Crippen molar-refractivity contribution >= 4 is 18.3 Å². The van der Waals surface area contributed by atoms with E-state index < -0.39 is 12.1 Å². The van der Waals surface area contributed by atoms with Gasteiger partial charge in [-0.15, -0.1) is 12.4 Å². The molecule has 0 saturated carbocycles. The van der Waals surface area contributed by atoms with Gasteiger partial charge in [-0.3, -0.25) is 4.79 Å². The van der Waals surface area contributed by atoms with Gasteiger partial charge in [0.25, 0.3) is 0 Å². The standard InChI is InChI=1S/C18H20N2O2.ClH/c1-20-15(13-8-4-2-5-9-13)12-22-17(16(19)18(20)21)14-10-6-3-7-11-14;/h2-11,15-17H,12,19H2,1H3;1H/t15-,16-,17+;/m0./s1. The van der Waals surface area contributed by atoms with Crippen LogP contribution >= 0.6 is 12.4 Å². The molecule has 5 heteroatoms. The van der Waals surface area contributed by atoms with E-state index in [2.05, 4.69) is 0 Å². The number of rotatable bonds is 2. The fourth-order valence-corrected chi connectivity index (χ4v) is 2.87. The summed E-state index contributed by atoms with van der Waals surface area (Å²) in [6.45, 7) is 0.430. The highest BCUT2D eigenvalue weighted by atomic mass is 35.5. The van der Waals surface area contributed by atoms with Crippen molar-refractivity contribution in [2.24, 2.45) is 5.73 Å². The third-order valence-corrected chi connectivity index (χ3v) is 4.17. The quantitative estimate of drug-likeness (QED) is 0.920. The van der Waals surface area contributed by atoms with Gasteiger partial charge in [-0.05, 0) is 11.1 Å². The van der Waals surface area contributed by atoms with E-state index in [0.29, 0.717) is 6.61 Å². The molecule has 0 unspecified atom stereocenters. The first kappa shape index (κ1) is 17.5. The van der Waals surface area contributed by atoms with Crippen LogP contribution in [-0.2, 0) is 9.53 Å². The van der Waals surface area contributed by atoms with Gasteiger partial charge in [0.05, 0.1) is 12.6 Å². The van der Waals surface area contributed by atoms with Crippen LogP contribution in [0.3, 0.4) is 0 Å². The van der Waals surface area contributed by atoms with Crippen molar-refractivity contribution < 1.29 is 9.53 Å². The molecular formula is C18H21ClN2O2. The van der Waals surface area contributed by atoms with E-state index >= 15 is 0 Å². The summed E-state index contributed by atoms with van der Waals surface area (Å²) in [5.74, 6) is -0.0970. The van der Waals surface area contributed by atoms with E-state index in [9.17, 15) is 4.79 Å². The van der Waals surface area contributed by atoms with E-state index in [0.717, 1.165) is 11.1 Å². The Morgan fingerprint density at radius 3 is 2.09 bits per heavy atom. The molecule has 2 aromatic rings. The number of carbonyl (C=O) groups is 1. The normalized spacial score (nSPS) is 24.7. The fourth-order valence-electron chi connectivity index (χ4n) is 2.87. The number of carbonyl (C=O) groups excluding carboxylic acids is 1. The Bertz CT molecular complexity index is 580. The molecule has 0 aliphatic carbocycles. The van der Waals surface area contributed by atoms with Gasteiger partial charge in [0.1, 0.15) is 12.1 Å². The van der Waals surface area contributed by atoms with Crippen molar-refractivity contribution in [2.75, 3.05) is 13.7 Å². The summed E-state index contributed by atoms with van der Waals surface area (Å²) in [5, 5.41) is 0. The summed E-state index contributed by atoms with van der Waals surface area (Å²) in [4.78, 5) is 14.3. The Labute approximate surface area is 142 Å². The lowest BCUT2D eigenvalue weighted by Gasteiger charge is -2.26. The lowest BCUT2D eigenvalue weighted by Crippen LogP contribution is -2.44. The molecule has 1 aliphatic heterocycles. The highest BCUT2D eigenvalue weighted by Crippen LogP contribution is 2.30. The zero-order valence-electron chi connectivity index (χ0n) is 13.0. The monoisotopic (exact) mass is 332 g/mol. The average molecular weight is 333 g/mol. The van der Waals surface area contributed by atoms with E-state index in [1.165, 1.54) is 0 Å². The molecule has 1 aliphatic rings. The van der Waals surface area contributed by atoms with Crippen molar-refractivity contribution in [2.45, 2.75) is 18.2 Å². The van der Waals surface area contributed by atoms with Crippen molar-refractivity contribution in [1.29, 1.82) is 0 Å². The molecule has 2 aromatic carbocycles. The van der Waals surface area contributed by atoms with Crippen LogP contribution in [0, 0.1) is 0 Å². The number of hydrogen-bond donors (Lipinski definition) is 1. The SMILES string of the molecule is CN1C(=O)[C@@H](N)[C@@H](c2ccccc2)OC[C@H]1c1ccccc1.Cl. The smallest absolute Gasteiger partial charge is 0.242 e. The predicted molar refractivity (Wildman–Crippen MR) is 92.3 cm³/mol. The molecule has 23 heavy (non-hydrogen) atoms. The Hall–Kier alpha value is -1.88. The summed E-state index contributed by atoms with van der Waals surface area (Å²) in [6, 6.07) is 18.8. The molecule has 1 amide bonds. The number of nitrogens with two attached hydrogens (primary N) is 1. The van der Waals surface area contributed by atoms with Crippen molar-refractivity contribution in [1.82, 2.24) is 4.90 Å². The van der Waals surface area contributed by atoms with Gasteiger partial charge in [-0.2, -0.15) is 0 Å². The predicted octanol–water partition coefficient (Wildman–Crippen LogP) is 2.71. The molecule has 3 atom stereocenters. The van der Waals surface area contributed by atoms with Crippen LogP contribution in [0.5, 0.6) is 0 Å². The second kappa shape index (κ2) is 7.59. The molecule has 0 aromatic heterocycles. The lowest BCUT2D eigenvalue weighted by atomic mass is 10.0. The molecule has 1 fully saturated rings. The molecule has 4 nitrogen and oxygen atoms in total. The topological polar surface area (TPSA) is 55.6 Å². The third-order valence-electron chi connectivity index (χ3n) is 4.17. The Morgan fingerprint density at radius 2 is 1.52 bits per heavy atom. The number of amides is 1. The zero-order chi connectivity index (χ0) is 15.5. The largest absolute Gasteiger partial charge is 0.369 e. The number of hydrogen-bond acceptors (Lipinski definition) is 3. The summed E-state index contributed by atoms with van der Waals surface area (Å²) >= 11 is 0. The summed E-state index contributed by atoms with van der Waals surface area (Å²) in [7, 11) is 1.79. The first-order valence-electron chi connectivity index (χ1n) is 7.42. The van der Waals surface area contributed by atoms with Crippen LogP contribution in [-0.4, -0.2) is 30.5 Å². The Morgan fingerprint density at radius 1 is 1.00 bits per heavy atom. The minimum absolute atomic E-state index is 0. The molecule has 0 radical (unpaired) electrons. The maximum atomic E-state index is 12.6. The first-order valence-corrected chi connectivity index (χ1v) is 7.42. The number of likely N-dealkylation sites (N-methyl/N-ethyl adjacent to an activating group) is 1. The molecule has 3 rings (SSSR count). The van der Waals surface area contributed by atoms with Crippen LogP contribution < -0.4 is 5.73 Å². The van der Waals surface area contributed by atoms with Gasteiger partial charge >= 0.3 is 0 Å². The lowest BCUT2D eigenvalue weighted by molar-refractivity contribution is -0.133. The van der Waals surface area contributed by atoms with Gasteiger partial charge in [-0.1, -0.05) is 60.7 Å². The highest BCUT2D eigenvalue weighted by molar-refractivity contribution is 5.85. The minimum atomic E-state index is -0.693. The summed E-state index contributed by atoms with van der Waals surface area (Å²) in [5.41, 5.74) is 8.16. The van der Waals surface area contributed by atoms with Crippen LogP contribution in [0.1, 0.15) is 23.3 Å². The highest BCUT2D eigenvalue weighted by Gasteiger charge is 2.36. The van der Waals surface area contributed by atoms with Gasteiger partial charge in [0.15, 0.2) is 0 Å². The molecule has 0 bridgehead atoms. The average Bonchev–Trinajstić information content (AvgIpc) is 2.68. The maximum Gasteiger partial charge on any atom is 0.242 e. The zero-order valence-corrected chi connectivity index (χ0v) is 13.8. The van der Waals surface area contributed by atoms with Crippen LogP contribution in [0.4, 0.5) is 0 Å². The van der Waals surface area contributed by atoms with Gasteiger partial charge < -0.3 is 15.4 Å². The second-order valence-corrected chi connectivity index (χ2v) is 5.57. The maximum absolute atomic E-state index is 12.6. The van der Waals surface area contributed by atoms with Gasteiger partial charge in [0.2, 0.25) is 5.91 Å². The number of ether oxygens (including phenoxy) is 1. The molecule has 1 heterocycles. The minimum Gasteiger partial charge on any atom is -0.369 e. The van der Waals surface area contributed by atoms with Gasteiger partial charge in [0, 0.05) is 7.05 Å². The van der Waals surface area contributed by atoms with Crippen molar-refractivity contribution in [3.05, 3.63) is 71.8 Å². The van der Waals surface area contributed by atoms with Crippen LogP contribution in [0.15, 0.2) is 60.7 Å². The molecule has 1 saturated heterocycles. The first-order chi connectivity index (χ1) is 10.7. The van der Waals surface area contributed by atoms with Crippen LogP contribution in [0.2, 0.25) is 0 Å². The summed E-state index contributed by atoms with van der Waals surface area (Å²) < 4.78 is 6.02. The van der Waals surface area contributed by atoms with Crippen LogP contribution in [0.25, 0.3) is 0 Å². The fraction of sp³-hybridized carbons (Fsp3) is 0.278. The Kier molecular flexibility index (Phi) is 5.77. The van der Waals surface area contributed by atoms with E-state index in [4.69, 9.17) is 10.5 Å². The molecular weight excluding hydrogens is 312 g/mol. The van der Waals surface area contributed by atoms with Crippen molar-refractivity contribution in [3.8, 4) is 0 Å². The molecule has 122 valence electrons. The van der Waals surface area contributed by atoms with E-state index in [-0.39, 0.29) is 24.4 Å². The third kappa shape index (κ3) is 3.55. The van der Waals surface area contributed by atoms with E-state index in [1.54, 1.807) is 11.9 Å². The van der Waals surface area contributed by atoms with E-state index in [1.807, 2.05) is 60.7 Å². The second-order valence-electron chi connectivity index (χ2n) is 5.57. The molecule has 2 N–H and O–H groups in total. The molecule has 0 spiro atoms. The Balaban J connectivity index is 0.00000192. The number of halogens is 1. The van der Waals surface area contributed by atoms with Gasteiger partial charge in [-0.25, -0.2) is 0 Å². The summed E-state index contributed by atoms with van der Waals surface area (Å²) in [6.07, 6.45) is -0.412. The van der Waals surface area contributed by atoms with Crippen molar-refractivity contribution in [3.63, 3.8) is 0 Å². The number of benzene rings is 2.